The molecule has 0 aromatic heterocycles. The first kappa shape index (κ1) is 35.7. The van der Waals surface area contributed by atoms with Gasteiger partial charge in [-0.2, -0.15) is 5.06 Å². The number of nitrogens with one attached hydrogen (secondary N) is 2. The van der Waals surface area contributed by atoms with E-state index in [1.165, 1.54) is 11.3 Å². The minimum atomic E-state index is -1.39. The summed E-state index contributed by atoms with van der Waals surface area (Å²) in [6.07, 6.45) is 0.596. The topological polar surface area (TPSA) is 191 Å². The predicted octanol–water partition coefficient (Wildman–Crippen LogP) is 0.313. The molecule has 1 aromatic rings. The molecule has 5 rings (SSSR count). The lowest BCUT2D eigenvalue weighted by molar-refractivity contribution is -0.201. The number of hydroxylamine groups is 2. The number of hydrogen-bond donors (Lipinski definition) is 4. The fraction of sp³-hybridized carbons (Fsp3) is 0.636. The average molecular weight is 676 g/mol. The van der Waals surface area contributed by atoms with Crippen LogP contribution in [0.4, 0.5) is 0 Å². The second kappa shape index (κ2) is 15.3. The smallest absolute Gasteiger partial charge is 0.327 e. The SMILES string of the molecule is CC(C)(C)OC(=O)CC[C@@H](CO)NC(=O)CCNC(=O)[C@@]12C[C@H]3OC(=O)[C@@H]1N(Cc1ccccc1C=COCCO)O[C@@H]2[C@H]1OCO[C@H]13. The highest BCUT2D eigenvalue weighted by molar-refractivity contribution is 5.94. The van der Waals surface area contributed by atoms with Gasteiger partial charge in [0.05, 0.1) is 32.1 Å². The molecular formula is C33H45N3O12. The highest BCUT2D eigenvalue weighted by Gasteiger charge is 2.74. The Bertz CT molecular complexity index is 1370. The number of carbonyl (C=O) groups excluding carboxylic acids is 4. The van der Waals surface area contributed by atoms with Crippen LogP contribution in [0.25, 0.3) is 6.08 Å². The zero-order valence-corrected chi connectivity index (χ0v) is 27.4. The molecule has 4 fully saturated rings. The van der Waals surface area contributed by atoms with Crippen LogP contribution in [0.15, 0.2) is 30.5 Å². The van der Waals surface area contributed by atoms with Crippen molar-refractivity contribution in [2.75, 3.05) is 33.2 Å². The van der Waals surface area contributed by atoms with Gasteiger partial charge >= 0.3 is 11.9 Å². The Morgan fingerprint density at radius 2 is 1.92 bits per heavy atom. The van der Waals surface area contributed by atoms with Crippen molar-refractivity contribution < 1.29 is 57.9 Å². The van der Waals surface area contributed by atoms with Crippen LogP contribution in [-0.4, -0.2) is 114 Å². The second-order valence-corrected chi connectivity index (χ2v) is 13.3. The molecule has 15 heteroatoms. The molecule has 3 heterocycles. The molecule has 2 bridgehead atoms. The summed E-state index contributed by atoms with van der Waals surface area (Å²) in [5.74, 6) is -1.96. The van der Waals surface area contributed by atoms with E-state index in [-0.39, 0.29) is 65.4 Å². The molecule has 1 aliphatic carbocycles. The van der Waals surface area contributed by atoms with E-state index >= 15 is 0 Å². The molecule has 1 aromatic carbocycles. The molecule has 0 radical (unpaired) electrons. The van der Waals surface area contributed by atoms with Crippen LogP contribution in [0.2, 0.25) is 0 Å². The van der Waals surface area contributed by atoms with Crippen LogP contribution in [0, 0.1) is 5.41 Å². The van der Waals surface area contributed by atoms with Crippen molar-refractivity contribution in [1.29, 1.82) is 0 Å². The first-order valence-corrected chi connectivity index (χ1v) is 16.2. The zero-order chi connectivity index (χ0) is 34.5. The van der Waals surface area contributed by atoms with E-state index < -0.39 is 71.3 Å². The number of benzene rings is 1. The summed E-state index contributed by atoms with van der Waals surface area (Å²) < 4.78 is 28.0. The molecule has 4 aliphatic rings. The van der Waals surface area contributed by atoms with Gasteiger partial charge in [-0.15, -0.1) is 0 Å². The molecular weight excluding hydrogens is 630 g/mol. The molecule has 264 valence electrons. The monoisotopic (exact) mass is 675 g/mol. The maximum atomic E-state index is 14.2. The van der Waals surface area contributed by atoms with E-state index in [1.807, 2.05) is 24.3 Å². The van der Waals surface area contributed by atoms with Gasteiger partial charge in [0.15, 0.2) is 6.04 Å². The first-order chi connectivity index (χ1) is 23.0. The molecule has 1 saturated carbocycles. The van der Waals surface area contributed by atoms with E-state index in [2.05, 4.69) is 10.6 Å². The van der Waals surface area contributed by atoms with Crippen molar-refractivity contribution >= 4 is 29.8 Å². The molecule has 0 spiro atoms. The number of nitrogens with zero attached hydrogens (tertiary/aromatic N) is 1. The quantitative estimate of drug-likeness (QED) is 0.113. The second-order valence-electron chi connectivity index (χ2n) is 13.3. The summed E-state index contributed by atoms with van der Waals surface area (Å²) in [7, 11) is 0. The minimum absolute atomic E-state index is 0.0186. The van der Waals surface area contributed by atoms with Gasteiger partial charge in [-0.05, 0) is 44.4 Å². The maximum absolute atomic E-state index is 14.2. The number of fused-ring (bicyclic) bond motifs is 4. The lowest BCUT2D eigenvalue weighted by Crippen LogP contribution is -2.69. The number of aliphatic hydroxyl groups excluding tert-OH is 2. The molecule has 7 atom stereocenters. The lowest BCUT2D eigenvalue weighted by Gasteiger charge is -2.48. The molecule has 0 unspecified atom stereocenters. The number of rotatable bonds is 15. The molecule has 48 heavy (non-hydrogen) atoms. The van der Waals surface area contributed by atoms with Crippen LogP contribution < -0.4 is 10.6 Å². The summed E-state index contributed by atoms with van der Waals surface area (Å²) in [5, 5.41) is 25.7. The van der Waals surface area contributed by atoms with Crippen LogP contribution in [0.1, 0.15) is 57.6 Å². The molecule has 3 saturated heterocycles. The molecule has 15 nitrogen and oxygen atoms in total. The van der Waals surface area contributed by atoms with Gasteiger partial charge in [-0.3, -0.25) is 24.0 Å². The van der Waals surface area contributed by atoms with Gasteiger partial charge in [-0.25, -0.2) is 0 Å². The summed E-state index contributed by atoms with van der Waals surface area (Å²) >= 11 is 0. The van der Waals surface area contributed by atoms with Crippen LogP contribution >= 0.6 is 0 Å². The number of ether oxygens (including phenoxy) is 5. The number of hydrogen-bond acceptors (Lipinski definition) is 13. The third kappa shape index (κ3) is 7.82. The number of amides is 2. The highest BCUT2D eigenvalue weighted by Crippen LogP contribution is 2.55. The van der Waals surface area contributed by atoms with E-state index in [0.717, 1.165) is 11.1 Å². The zero-order valence-electron chi connectivity index (χ0n) is 27.4. The van der Waals surface area contributed by atoms with Crippen molar-refractivity contribution in [2.24, 2.45) is 5.41 Å². The minimum Gasteiger partial charge on any atom is -0.499 e. The maximum Gasteiger partial charge on any atom is 0.327 e. The van der Waals surface area contributed by atoms with Crippen molar-refractivity contribution in [3.63, 3.8) is 0 Å². The normalized spacial score (nSPS) is 28.4. The number of esters is 2. The number of aliphatic hydroxyl groups is 2. The predicted molar refractivity (Wildman–Crippen MR) is 166 cm³/mol. The largest absolute Gasteiger partial charge is 0.499 e. The lowest BCUT2D eigenvalue weighted by atomic mass is 9.62. The van der Waals surface area contributed by atoms with Gasteiger partial charge in [0.2, 0.25) is 11.8 Å². The Morgan fingerprint density at radius 3 is 2.67 bits per heavy atom. The summed E-state index contributed by atoms with van der Waals surface area (Å²) in [6.45, 7) is 4.96. The van der Waals surface area contributed by atoms with Crippen molar-refractivity contribution in [1.82, 2.24) is 15.7 Å². The Labute approximate surface area is 278 Å². The Balaban J connectivity index is 1.26. The average Bonchev–Trinajstić information content (AvgIpc) is 3.66. The first-order valence-electron chi connectivity index (χ1n) is 16.2. The van der Waals surface area contributed by atoms with Gasteiger partial charge in [0, 0.05) is 25.8 Å². The van der Waals surface area contributed by atoms with Crippen LogP contribution in [0.5, 0.6) is 0 Å². The molecule has 3 aliphatic heterocycles. The summed E-state index contributed by atoms with van der Waals surface area (Å²) in [4.78, 5) is 59.0. The molecule has 4 N–H and O–H groups in total. The Hall–Kier alpha value is -3.60. The van der Waals surface area contributed by atoms with E-state index in [9.17, 15) is 24.3 Å². The van der Waals surface area contributed by atoms with Gasteiger partial charge < -0.3 is 44.5 Å². The highest BCUT2D eigenvalue weighted by atomic mass is 16.8. The Kier molecular flexibility index (Phi) is 11.4. The fourth-order valence-electron chi connectivity index (χ4n) is 6.73. The standard InChI is InChI=1S/C33H45N3O12/c1-32(2,3)47-25(40)9-8-22(18-38)35-24(39)10-12-34-31(42)33-16-23-26-27(45-19-44-26)29(33)48-36(28(33)30(41)46-23)17-21-7-5-4-6-20(21)11-14-43-15-13-37/h4-7,11,14,22-23,26-29,37-38H,8-10,12-13,15-19H2,1-3H3,(H,34,42)(H,35,39)/t22-,23+,26-,27-,28-,29+,33-/m0/s1. The van der Waals surface area contributed by atoms with Crippen molar-refractivity contribution in [3.8, 4) is 0 Å². The third-order valence-electron chi connectivity index (χ3n) is 8.77. The summed E-state index contributed by atoms with van der Waals surface area (Å²) in [6, 6.07) is 5.65. The number of carbonyl (C=O) groups is 4. The van der Waals surface area contributed by atoms with Crippen LogP contribution in [0.3, 0.4) is 0 Å². The van der Waals surface area contributed by atoms with E-state index in [0.29, 0.717) is 0 Å². The van der Waals surface area contributed by atoms with E-state index in [1.54, 1.807) is 26.8 Å². The summed E-state index contributed by atoms with van der Waals surface area (Å²) in [5.41, 5.74) is -0.461. The van der Waals surface area contributed by atoms with Crippen LogP contribution in [-0.2, 0) is 54.2 Å². The van der Waals surface area contributed by atoms with Gasteiger partial charge in [-0.1, -0.05) is 24.3 Å². The molecule has 2 amide bonds. The van der Waals surface area contributed by atoms with Crippen molar-refractivity contribution in [2.45, 2.75) is 95.1 Å². The van der Waals surface area contributed by atoms with Crippen molar-refractivity contribution in [3.05, 3.63) is 41.7 Å². The fourth-order valence-corrected chi connectivity index (χ4v) is 6.73. The Morgan fingerprint density at radius 1 is 1.15 bits per heavy atom. The third-order valence-corrected chi connectivity index (χ3v) is 8.77. The van der Waals surface area contributed by atoms with Gasteiger partial charge in [0.1, 0.15) is 48.8 Å². The van der Waals surface area contributed by atoms with Gasteiger partial charge in [0.25, 0.3) is 0 Å². The van der Waals surface area contributed by atoms with E-state index in [4.69, 9.17) is 33.6 Å².